The number of hydrogen-bond donors (Lipinski definition) is 0. The normalized spacial score (nSPS) is 27.5. The van der Waals surface area contributed by atoms with Crippen molar-refractivity contribution >= 4 is 11.8 Å². The summed E-state index contributed by atoms with van der Waals surface area (Å²) in [6.07, 6.45) is 11.6. The first-order valence-electron chi connectivity index (χ1n) is 12.9. The van der Waals surface area contributed by atoms with Gasteiger partial charge in [0.15, 0.2) is 0 Å². The molecular formula is C25H43N3O4. The van der Waals surface area contributed by atoms with Gasteiger partial charge in [-0.15, -0.1) is 0 Å². The average molecular weight is 450 g/mol. The number of carbonyl (C=O) groups excluding carboxylic acids is 2. The monoisotopic (exact) mass is 449 g/mol. The number of carbonyl (C=O) groups is 2. The summed E-state index contributed by atoms with van der Waals surface area (Å²) in [5.41, 5.74) is 0.230. The quantitative estimate of drug-likeness (QED) is 0.559. The maximum Gasteiger partial charge on any atom is 0.222 e. The number of amides is 2. The summed E-state index contributed by atoms with van der Waals surface area (Å²) >= 11 is 0. The van der Waals surface area contributed by atoms with Crippen LogP contribution in [0, 0.1) is 5.92 Å². The Kier molecular flexibility index (Phi) is 8.11. The van der Waals surface area contributed by atoms with E-state index in [1.165, 1.54) is 32.1 Å². The number of ether oxygens (including phenoxy) is 2. The van der Waals surface area contributed by atoms with E-state index in [0.717, 1.165) is 58.4 Å². The minimum absolute atomic E-state index is 0.157. The zero-order chi connectivity index (χ0) is 22.6. The second kappa shape index (κ2) is 10.8. The van der Waals surface area contributed by atoms with E-state index in [0.29, 0.717) is 43.6 Å². The number of rotatable bonds is 7. The van der Waals surface area contributed by atoms with E-state index in [4.69, 9.17) is 9.47 Å². The highest BCUT2D eigenvalue weighted by Crippen LogP contribution is 2.47. The van der Waals surface area contributed by atoms with Gasteiger partial charge in [0.1, 0.15) is 0 Å². The van der Waals surface area contributed by atoms with Gasteiger partial charge in [0.2, 0.25) is 11.8 Å². The Hall–Kier alpha value is -1.18. The molecule has 1 aliphatic carbocycles. The van der Waals surface area contributed by atoms with Gasteiger partial charge in [-0.2, -0.15) is 0 Å². The van der Waals surface area contributed by atoms with E-state index in [9.17, 15) is 9.59 Å². The first-order valence-corrected chi connectivity index (χ1v) is 12.9. The Morgan fingerprint density at radius 2 is 1.56 bits per heavy atom. The molecule has 0 aromatic carbocycles. The van der Waals surface area contributed by atoms with Gasteiger partial charge in [0, 0.05) is 64.8 Å². The van der Waals surface area contributed by atoms with Crippen molar-refractivity contribution in [2.45, 2.75) is 88.8 Å². The van der Waals surface area contributed by atoms with Crippen LogP contribution in [0.25, 0.3) is 0 Å². The molecule has 182 valence electrons. The van der Waals surface area contributed by atoms with E-state index in [-0.39, 0.29) is 11.4 Å². The molecule has 0 bridgehead atoms. The van der Waals surface area contributed by atoms with Gasteiger partial charge in [-0.1, -0.05) is 19.3 Å². The molecule has 32 heavy (non-hydrogen) atoms. The number of piperidine rings is 2. The van der Waals surface area contributed by atoms with Crippen LogP contribution in [0.3, 0.4) is 0 Å². The predicted octanol–water partition coefficient (Wildman–Crippen LogP) is 2.68. The van der Waals surface area contributed by atoms with E-state index in [1.807, 2.05) is 4.90 Å². The highest BCUT2D eigenvalue weighted by molar-refractivity contribution is 5.76. The molecular weight excluding hydrogens is 406 g/mol. The number of likely N-dealkylation sites (tertiary alicyclic amines) is 3. The molecule has 7 heteroatoms. The van der Waals surface area contributed by atoms with Crippen LogP contribution in [0.2, 0.25) is 0 Å². The SMILES string of the molecule is COCCOC1CN(C2CCN(C(=O)CC3CCN(C(C)=O)CC3)CC2)C12CCCCC2. The molecule has 3 saturated heterocycles. The molecule has 0 aromatic heterocycles. The molecule has 0 aromatic rings. The summed E-state index contributed by atoms with van der Waals surface area (Å²) in [6.45, 7) is 7.42. The molecule has 3 aliphatic heterocycles. The molecule has 4 aliphatic rings. The Labute approximate surface area is 193 Å². The highest BCUT2D eigenvalue weighted by atomic mass is 16.5. The van der Waals surface area contributed by atoms with Gasteiger partial charge in [0.05, 0.1) is 19.3 Å². The fourth-order valence-electron chi connectivity index (χ4n) is 6.63. The minimum Gasteiger partial charge on any atom is -0.382 e. The summed E-state index contributed by atoms with van der Waals surface area (Å²) in [4.78, 5) is 31.2. The highest BCUT2D eigenvalue weighted by Gasteiger charge is 2.56. The summed E-state index contributed by atoms with van der Waals surface area (Å²) in [7, 11) is 1.73. The van der Waals surface area contributed by atoms with Crippen molar-refractivity contribution in [3.8, 4) is 0 Å². The van der Waals surface area contributed by atoms with Crippen molar-refractivity contribution in [1.29, 1.82) is 0 Å². The lowest BCUT2D eigenvalue weighted by Crippen LogP contribution is -2.75. The first-order chi connectivity index (χ1) is 15.5. The van der Waals surface area contributed by atoms with Gasteiger partial charge < -0.3 is 19.3 Å². The van der Waals surface area contributed by atoms with E-state index in [2.05, 4.69) is 9.80 Å². The largest absolute Gasteiger partial charge is 0.382 e. The topological polar surface area (TPSA) is 62.3 Å². The van der Waals surface area contributed by atoms with Crippen molar-refractivity contribution in [3.05, 3.63) is 0 Å². The fraction of sp³-hybridized carbons (Fsp3) is 0.920. The Morgan fingerprint density at radius 1 is 0.906 bits per heavy atom. The fourth-order valence-corrected chi connectivity index (χ4v) is 6.63. The first kappa shape index (κ1) is 24.0. The third-order valence-corrected chi connectivity index (χ3v) is 8.64. The van der Waals surface area contributed by atoms with E-state index in [1.54, 1.807) is 14.0 Å². The third-order valence-electron chi connectivity index (χ3n) is 8.64. The summed E-state index contributed by atoms with van der Waals surface area (Å²) in [5, 5.41) is 0. The van der Waals surface area contributed by atoms with Crippen LogP contribution >= 0.6 is 0 Å². The van der Waals surface area contributed by atoms with Crippen molar-refractivity contribution in [2.24, 2.45) is 5.92 Å². The van der Waals surface area contributed by atoms with Gasteiger partial charge in [-0.05, 0) is 44.4 Å². The molecule has 2 amide bonds. The molecule has 1 unspecified atom stereocenters. The molecule has 1 saturated carbocycles. The number of methoxy groups -OCH3 is 1. The molecule has 1 atom stereocenters. The van der Waals surface area contributed by atoms with E-state index < -0.39 is 0 Å². The van der Waals surface area contributed by atoms with E-state index >= 15 is 0 Å². The number of nitrogens with zero attached hydrogens (tertiary/aromatic N) is 3. The number of hydrogen-bond acceptors (Lipinski definition) is 5. The summed E-state index contributed by atoms with van der Waals surface area (Å²) in [6, 6.07) is 0.582. The van der Waals surface area contributed by atoms with Crippen LogP contribution < -0.4 is 0 Å². The second-order valence-corrected chi connectivity index (χ2v) is 10.4. The third kappa shape index (κ3) is 5.15. The summed E-state index contributed by atoms with van der Waals surface area (Å²) < 4.78 is 11.4. The van der Waals surface area contributed by atoms with Gasteiger partial charge in [-0.3, -0.25) is 14.5 Å². The Morgan fingerprint density at radius 3 is 2.19 bits per heavy atom. The van der Waals surface area contributed by atoms with Crippen LogP contribution in [0.15, 0.2) is 0 Å². The lowest BCUT2D eigenvalue weighted by Gasteiger charge is -2.63. The zero-order valence-corrected chi connectivity index (χ0v) is 20.2. The molecule has 3 heterocycles. The zero-order valence-electron chi connectivity index (χ0n) is 20.2. The minimum atomic E-state index is 0.157. The average Bonchev–Trinajstić information content (AvgIpc) is 2.82. The van der Waals surface area contributed by atoms with Crippen molar-refractivity contribution in [3.63, 3.8) is 0 Å². The molecule has 4 rings (SSSR count). The van der Waals surface area contributed by atoms with Gasteiger partial charge in [-0.25, -0.2) is 0 Å². The van der Waals surface area contributed by atoms with Crippen molar-refractivity contribution in [1.82, 2.24) is 14.7 Å². The predicted molar refractivity (Wildman–Crippen MR) is 123 cm³/mol. The molecule has 0 N–H and O–H groups in total. The Balaban J connectivity index is 1.24. The molecule has 0 radical (unpaired) electrons. The van der Waals surface area contributed by atoms with Crippen molar-refractivity contribution < 1.29 is 19.1 Å². The van der Waals surface area contributed by atoms with Gasteiger partial charge in [0.25, 0.3) is 0 Å². The van der Waals surface area contributed by atoms with Crippen molar-refractivity contribution in [2.75, 3.05) is 53.0 Å². The maximum absolute atomic E-state index is 12.9. The summed E-state index contributed by atoms with van der Waals surface area (Å²) in [5.74, 6) is 0.910. The standard InChI is InChI=1S/C25H43N3O4/c1-20(29)26-12-6-21(7-13-26)18-24(30)27-14-8-22(9-15-27)28-19-23(32-17-16-31-2)25(28)10-4-3-5-11-25/h21-23H,3-19H2,1-2H3. The lowest BCUT2D eigenvalue weighted by molar-refractivity contribution is -0.204. The second-order valence-electron chi connectivity index (χ2n) is 10.4. The lowest BCUT2D eigenvalue weighted by atomic mass is 9.69. The van der Waals surface area contributed by atoms with Crippen LogP contribution in [0.5, 0.6) is 0 Å². The van der Waals surface area contributed by atoms with Crippen LogP contribution in [-0.4, -0.2) is 97.2 Å². The van der Waals surface area contributed by atoms with Crippen LogP contribution in [0.4, 0.5) is 0 Å². The van der Waals surface area contributed by atoms with Crippen LogP contribution in [0.1, 0.15) is 71.1 Å². The maximum atomic E-state index is 12.9. The molecule has 1 spiro atoms. The van der Waals surface area contributed by atoms with Gasteiger partial charge >= 0.3 is 0 Å². The smallest absolute Gasteiger partial charge is 0.222 e. The van der Waals surface area contributed by atoms with Crippen LogP contribution in [-0.2, 0) is 19.1 Å². The Bertz CT molecular complexity index is 635. The molecule has 7 nitrogen and oxygen atoms in total. The molecule has 4 fully saturated rings.